The summed E-state index contributed by atoms with van der Waals surface area (Å²) in [5.74, 6) is 0. The van der Waals surface area contributed by atoms with Gasteiger partial charge in [-0.25, -0.2) is 16.8 Å². The summed E-state index contributed by atoms with van der Waals surface area (Å²) in [5.41, 5.74) is 4.57. The van der Waals surface area contributed by atoms with E-state index in [-0.39, 0.29) is 9.79 Å². The zero-order valence-corrected chi connectivity index (χ0v) is 29.6. The molecule has 252 valence electrons. The van der Waals surface area contributed by atoms with E-state index in [9.17, 15) is 16.8 Å². The molecular formula is C42H38N2O4S2. The van der Waals surface area contributed by atoms with E-state index in [2.05, 4.69) is 6.07 Å². The highest BCUT2D eigenvalue weighted by Crippen LogP contribution is 2.50. The Morgan fingerprint density at radius 3 is 1.52 bits per heavy atom. The van der Waals surface area contributed by atoms with Gasteiger partial charge in [0, 0.05) is 12.2 Å². The molecule has 50 heavy (non-hydrogen) atoms. The first-order valence-electron chi connectivity index (χ1n) is 17.0. The van der Waals surface area contributed by atoms with Gasteiger partial charge in [-0.15, -0.1) is 0 Å². The van der Waals surface area contributed by atoms with Crippen molar-refractivity contribution in [3.63, 3.8) is 0 Å². The van der Waals surface area contributed by atoms with Crippen molar-refractivity contribution < 1.29 is 16.8 Å². The van der Waals surface area contributed by atoms with E-state index in [0.29, 0.717) is 19.3 Å². The molecule has 8 rings (SSSR count). The second-order valence-corrected chi connectivity index (χ2v) is 17.2. The molecule has 0 aliphatic carbocycles. The van der Waals surface area contributed by atoms with Gasteiger partial charge < -0.3 is 0 Å². The van der Waals surface area contributed by atoms with E-state index < -0.39 is 38.2 Å². The lowest BCUT2D eigenvalue weighted by Crippen LogP contribution is -2.38. The van der Waals surface area contributed by atoms with E-state index in [4.69, 9.17) is 0 Å². The summed E-state index contributed by atoms with van der Waals surface area (Å²) in [5, 5.41) is 4.06. The fourth-order valence-electron chi connectivity index (χ4n) is 7.84. The van der Waals surface area contributed by atoms with Crippen LogP contribution in [0.5, 0.6) is 0 Å². The predicted molar refractivity (Wildman–Crippen MR) is 200 cm³/mol. The molecule has 8 heteroatoms. The van der Waals surface area contributed by atoms with E-state index >= 15 is 0 Å². The highest BCUT2D eigenvalue weighted by molar-refractivity contribution is 7.89. The molecule has 0 spiro atoms. The maximum Gasteiger partial charge on any atom is 0.264 e. The predicted octanol–water partition coefficient (Wildman–Crippen LogP) is 9.22. The summed E-state index contributed by atoms with van der Waals surface area (Å²) < 4.78 is 62.0. The monoisotopic (exact) mass is 698 g/mol. The molecule has 3 atom stereocenters. The molecule has 0 saturated carbocycles. The largest absolute Gasteiger partial charge is 0.265 e. The van der Waals surface area contributed by atoms with Gasteiger partial charge in [-0.3, -0.25) is 4.31 Å². The van der Waals surface area contributed by atoms with Gasteiger partial charge in [0.2, 0.25) is 10.0 Å². The van der Waals surface area contributed by atoms with Crippen molar-refractivity contribution in [2.75, 3.05) is 0 Å². The average molecular weight is 699 g/mol. The van der Waals surface area contributed by atoms with Crippen LogP contribution in [0.1, 0.15) is 53.6 Å². The lowest BCUT2D eigenvalue weighted by molar-refractivity contribution is 0.347. The summed E-state index contributed by atoms with van der Waals surface area (Å²) in [6.45, 7) is 3.87. The van der Waals surface area contributed by atoms with Crippen LogP contribution < -0.4 is 0 Å². The third kappa shape index (κ3) is 5.52. The Kier molecular flexibility index (Phi) is 8.13. The molecule has 0 radical (unpaired) electrons. The molecule has 0 aromatic heterocycles. The van der Waals surface area contributed by atoms with Gasteiger partial charge in [0.05, 0.1) is 21.9 Å². The molecule has 0 bridgehead atoms. The zero-order chi connectivity index (χ0) is 34.6. The van der Waals surface area contributed by atoms with Crippen molar-refractivity contribution >= 4 is 41.6 Å². The maximum atomic E-state index is 14.9. The molecule has 2 aliphatic rings. The summed E-state index contributed by atoms with van der Waals surface area (Å²) in [7, 11) is -8.01. The van der Waals surface area contributed by atoms with E-state index in [1.165, 1.54) is 4.31 Å². The zero-order valence-electron chi connectivity index (χ0n) is 28.0. The molecule has 6 nitrogen and oxygen atoms in total. The fraction of sp³-hybridized carbons (Fsp3) is 0.190. The minimum absolute atomic E-state index is 0.204. The van der Waals surface area contributed by atoms with Crippen molar-refractivity contribution in [2.45, 2.75) is 61.0 Å². The van der Waals surface area contributed by atoms with Crippen molar-refractivity contribution in [1.29, 1.82) is 0 Å². The Hall–Kier alpha value is -4.76. The van der Waals surface area contributed by atoms with Gasteiger partial charge in [0.1, 0.15) is 0 Å². The molecule has 0 unspecified atom stereocenters. The number of benzene rings is 6. The fourth-order valence-corrected chi connectivity index (χ4v) is 11.2. The summed E-state index contributed by atoms with van der Waals surface area (Å²) in [6, 6.07) is 40.5. The first-order chi connectivity index (χ1) is 24.1. The number of sulfonamides is 2. The second-order valence-electron chi connectivity index (χ2n) is 13.5. The second kappa shape index (κ2) is 12.5. The first-order valence-corrected chi connectivity index (χ1v) is 19.9. The quantitative estimate of drug-likeness (QED) is 0.167. The van der Waals surface area contributed by atoms with Crippen LogP contribution in [-0.4, -0.2) is 31.5 Å². The van der Waals surface area contributed by atoms with Crippen molar-refractivity contribution in [3.05, 3.63) is 167 Å². The molecule has 6 aromatic carbocycles. The first kappa shape index (κ1) is 32.4. The number of rotatable bonds is 7. The molecule has 0 N–H and O–H groups in total. The van der Waals surface area contributed by atoms with Crippen LogP contribution in [0, 0.1) is 13.8 Å². The van der Waals surface area contributed by atoms with Crippen molar-refractivity contribution in [1.82, 2.24) is 8.61 Å². The molecule has 2 aliphatic heterocycles. The Morgan fingerprint density at radius 1 is 0.500 bits per heavy atom. The van der Waals surface area contributed by atoms with Gasteiger partial charge in [-0.1, -0.05) is 120 Å². The van der Waals surface area contributed by atoms with Gasteiger partial charge >= 0.3 is 0 Å². The highest BCUT2D eigenvalue weighted by Gasteiger charge is 2.48. The third-order valence-corrected chi connectivity index (χ3v) is 14.1. The number of hydrogen-bond acceptors (Lipinski definition) is 4. The van der Waals surface area contributed by atoms with Crippen LogP contribution in [0.3, 0.4) is 0 Å². The topological polar surface area (TPSA) is 74.8 Å². The third-order valence-electron chi connectivity index (χ3n) is 10.3. The van der Waals surface area contributed by atoms with E-state index in [1.807, 2.05) is 117 Å². The van der Waals surface area contributed by atoms with E-state index in [0.717, 1.165) is 49.4 Å². The van der Waals surface area contributed by atoms with E-state index in [1.54, 1.807) is 34.8 Å². The van der Waals surface area contributed by atoms with Crippen molar-refractivity contribution in [3.8, 4) is 0 Å². The highest BCUT2D eigenvalue weighted by atomic mass is 32.2. The van der Waals surface area contributed by atoms with Crippen LogP contribution >= 0.6 is 0 Å². The van der Waals surface area contributed by atoms with Crippen LogP contribution in [0.25, 0.3) is 21.5 Å². The Bertz CT molecular complexity index is 2480. The van der Waals surface area contributed by atoms with Crippen LogP contribution in [0.15, 0.2) is 155 Å². The van der Waals surface area contributed by atoms with Gasteiger partial charge in [0.25, 0.3) is 10.0 Å². The minimum atomic E-state index is -4.01. The number of aryl methyl sites for hydroxylation is 2. The molecule has 2 heterocycles. The molecular weight excluding hydrogens is 661 g/mol. The Morgan fingerprint density at radius 2 is 0.960 bits per heavy atom. The molecule has 1 saturated heterocycles. The standard InChI is InChI=1S/C42H38N2O4S2/c1-29-17-21-34(22-18-29)49(45,46)43-28-33(27-42(43)39-16-8-12-32-10-4-6-14-37(32)39)40-25-26-41(38-15-7-11-31-9-3-5-13-36(31)38)44(40)50(47,48)35-23-19-30(2)20-24-35/h3-24,28,40-42H,25-27H2,1-2H3/t40-,41+,42+/m1/s1. The molecule has 0 amide bonds. The SMILES string of the molecule is Cc1ccc(S(=O)(=O)N2C=C([C@H]3CC[C@@H](c4cccc5ccccc45)N3S(=O)(=O)c3ccc(C)cc3)C[C@H]2c2cccc3ccccc23)cc1. The number of nitrogens with zero attached hydrogens (tertiary/aromatic N) is 2. The minimum Gasteiger partial charge on any atom is -0.265 e. The van der Waals surface area contributed by atoms with Crippen molar-refractivity contribution in [2.24, 2.45) is 0 Å². The normalized spacial score (nSPS) is 20.1. The smallest absolute Gasteiger partial charge is 0.264 e. The number of hydrogen-bond donors (Lipinski definition) is 0. The van der Waals surface area contributed by atoms with Gasteiger partial charge in [-0.05, 0) is 95.6 Å². The summed E-state index contributed by atoms with van der Waals surface area (Å²) in [4.78, 5) is 0.434. The van der Waals surface area contributed by atoms with Crippen LogP contribution in [0.2, 0.25) is 0 Å². The van der Waals surface area contributed by atoms with Crippen LogP contribution in [-0.2, 0) is 20.0 Å². The lowest BCUT2D eigenvalue weighted by atomic mass is 9.94. The molecule has 6 aromatic rings. The Labute approximate surface area is 294 Å². The summed E-state index contributed by atoms with van der Waals surface area (Å²) in [6.07, 6.45) is 3.26. The van der Waals surface area contributed by atoms with Gasteiger partial charge in [0.15, 0.2) is 0 Å². The lowest BCUT2D eigenvalue weighted by Gasteiger charge is -2.31. The maximum absolute atomic E-state index is 14.9. The number of fused-ring (bicyclic) bond motifs is 2. The summed E-state index contributed by atoms with van der Waals surface area (Å²) >= 11 is 0. The average Bonchev–Trinajstić information content (AvgIpc) is 3.78. The molecule has 1 fully saturated rings. The van der Waals surface area contributed by atoms with Gasteiger partial charge in [-0.2, -0.15) is 4.31 Å². The van der Waals surface area contributed by atoms with Crippen LogP contribution in [0.4, 0.5) is 0 Å². The Balaban J connectivity index is 1.29.